The average Bonchev–Trinajstić information content (AvgIpc) is 2.50. The lowest BCUT2D eigenvalue weighted by Crippen LogP contribution is -2.29. The van der Waals surface area contributed by atoms with E-state index in [1.807, 2.05) is 4.90 Å². The number of hydrogen-bond donors (Lipinski definition) is 1. The van der Waals surface area contributed by atoms with Crippen molar-refractivity contribution in [2.24, 2.45) is 0 Å². The van der Waals surface area contributed by atoms with Crippen LogP contribution in [-0.4, -0.2) is 19.1 Å². The van der Waals surface area contributed by atoms with Gasteiger partial charge in [0, 0.05) is 13.1 Å². The molecule has 2 rings (SSSR count). The average molecular weight is 204 g/mol. The van der Waals surface area contributed by atoms with Crippen LogP contribution in [0.3, 0.4) is 0 Å². The van der Waals surface area contributed by atoms with E-state index in [9.17, 15) is 4.79 Å². The number of carbonyl (C=O) groups excluding carboxylic acids is 1. The van der Waals surface area contributed by atoms with E-state index in [1.165, 1.54) is 16.7 Å². The highest BCUT2D eigenvalue weighted by Gasteiger charge is 2.23. The molecule has 0 atom stereocenters. The van der Waals surface area contributed by atoms with E-state index in [0.29, 0.717) is 0 Å². The second kappa shape index (κ2) is 3.57. The molecule has 0 spiro atoms. The number of nitrogens with one attached hydrogen (secondary N) is 1. The maximum absolute atomic E-state index is 11.6. The van der Waals surface area contributed by atoms with Gasteiger partial charge in [-0.05, 0) is 31.9 Å². The minimum absolute atomic E-state index is 0.0186. The molecule has 1 aliphatic rings. The van der Waals surface area contributed by atoms with E-state index in [1.54, 1.807) is 0 Å². The molecule has 0 saturated carbocycles. The molecule has 0 radical (unpaired) electrons. The van der Waals surface area contributed by atoms with E-state index in [-0.39, 0.29) is 6.03 Å². The van der Waals surface area contributed by atoms with E-state index < -0.39 is 0 Å². The summed E-state index contributed by atoms with van der Waals surface area (Å²) in [5.41, 5.74) is 4.65. The number of aryl methyl sites for hydroxylation is 3. The summed E-state index contributed by atoms with van der Waals surface area (Å²) in [7, 11) is 0. The largest absolute Gasteiger partial charge is 0.336 e. The van der Waals surface area contributed by atoms with Gasteiger partial charge in [0.05, 0.1) is 5.69 Å². The van der Waals surface area contributed by atoms with Gasteiger partial charge in [0.15, 0.2) is 0 Å². The summed E-state index contributed by atoms with van der Waals surface area (Å²) in [6, 6.07) is 4.26. The van der Waals surface area contributed by atoms with Crippen molar-refractivity contribution in [1.29, 1.82) is 0 Å². The quantitative estimate of drug-likeness (QED) is 0.746. The Bertz CT molecular complexity index is 389. The molecule has 2 amide bonds. The van der Waals surface area contributed by atoms with Crippen molar-refractivity contribution in [2.75, 3.05) is 18.0 Å². The predicted octanol–water partition coefficient (Wildman–Crippen LogP) is 2.14. The highest BCUT2D eigenvalue weighted by atomic mass is 16.2. The summed E-state index contributed by atoms with van der Waals surface area (Å²) in [6.45, 7) is 7.70. The number of hydrogen-bond acceptors (Lipinski definition) is 1. The minimum atomic E-state index is 0.0186. The van der Waals surface area contributed by atoms with Crippen molar-refractivity contribution in [3.63, 3.8) is 0 Å². The summed E-state index contributed by atoms with van der Waals surface area (Å²) in [5, 5.41) is 2.82. The summed E-state index contributed by atoms with van der Waals surface area (Å²) in [4.78, 5) is 13.4. The normalized spacial score (nSPS) is 15.7. The molecular weight excluding hydrogens is 188 g/mol. The molecule has 15 heavy (non-hydrogen) atoms. The molecule has 0 unspecified atom stereocenters. The number of urea groups is 1. The molecule has 3 heteroatoms. The summed E-state index contributed by atoms with van der Waals surface area (Å²) in [6.07, 6.45) is 0. The Morgan fingerprint density at radius 3 is 2.27 bits per heavy atom. The summed E-state index contributed by atoms with van der Waals surface area (Å²) >= 11 is 0. The van der Waals surface area contributed by atoms with Crippen LogP contribution in [0.4, 0.5) is 10.5 Å². The monoisotopic (exact) mass is 204 g/mol. The van der Waals surface area contributed by atoms with E-state index >= 15 is 0 Å². The topological polar surface area (TPSA) is 32.3 Å². The molecule has 1 saturated heterocycles. The first-order valence-corrected chi connectivity index (χ1v) is 5.23. The number of nitrogens with zero attached hydrogens (tertiary/aromatic N) is 1. The molecule has 1 aromatic rings. The van der Waals surface area contributed by atoms with Gasteiger partial charge < -0.3 is 5.32 Å². The van der Waals surface area contributed by atoms with Gasteiger partial charge in [-0.25, -0.2) is 4.79 Å². The van der Waals surface area contributed by atoms with Crippen molar-refractivity contribution in [1.82, 2.24) is 5.32 Å². The zero-order valence-electron chi connectivity index (χ0n) is 9.42. The molecule has 1 fully saturated rings. The molecular formula is C12H16N2O. The van der Waals surface area contributed by atoms with E-state index in [2.05, 4.69) is 38.2 Å². The molecule has 1 N–H and O–H groups in total. The van der Waals surface area contributed by atoms with Gasteiger partial charge in [-0.3, -0.25) is 4.90 Å². The fourth-order valence-corrected chi connectivity index (χ4v) is 2.28. The summed E-state index contributed by atoms with van der Waals surface area (Å²) in [5.74, 6) is 0. The van der Waals surface area contributed by atoms with Crippen molar-refractivity contribution < 1.29 is 4.79 Å². The van der Waals surface area contributed by atoms with Gasteiger partial charge in [-0.2, -0.15) is 0 Å². The zero-order chi connectivity index (χ0) is 11.0. The SMILES string of the molecule is Cc1cc(C)c(N2CCNC2=O)c(C)c1. The lowest BCUT2D eigenvalue weighted by Gasteiger charge is -2.20. The van der Waals surface area contributed by atoms with Crippen LogP contribution in [0, 0.1) is 20.8 Å². The van der Waals surface area contributed by atoms with Crippen LogP contribution in [0.5, 0.6) is 0 Å². The van der Waals surface area contributed by atoms with Gasteiger partial charge in [0.25, 0.3) is 0 Å². The number of rotatable bonds is 1. The molecule has 80 valence electrons. The number of amides is 2. The van der Waals surface area contributed by atoms with Crippen molar-refractivity contribution in [2.45, 2.75) is 20.8 Å². The Labute approximate surface area is 90.1 Å². The predicted molar refractivity (Wildman–Crippen MR) is 61.4 cm³/mol. The minimum Gasteiger partial charge on any atom is -0.336 e. The molecule has 0 aromatic heterocycles. The highest BCUT2D eigenvalue weighted by Crippen LogP contribution is 2.27. The van der Waals surface area contributed by atoms with Crippen LogP contribution in [0.1, 0.15) is 16.7 Å². The lowest BCUT2D eigenvalue weighted by molar-refractivity contribution is 0.252. The van der Waals surface area contributed by atoms with E-state index in [0.717, 1.165) is 18.8 Å². The third-order valence-corrected chi connectivity index (χ3v) is 2.76. The molecule has 1 aromatic carbocycles. The van der Waals surface area contributed by atoms with Gasteiger partial charge >= 0.3 is 6.03 Å². The standard InChI is InChI=1S/C12H16N2O/c1-8-6-9(2)11(10(3)7-8)14-5-4-13-12(14)15/h6-7H,4-5H2,1-3H3,(H,13,15). The maximum Gasteiger partial charge on any atom is 0.322 e. The molecule has 0 bridgehead atoms. The first-order valence-electron chi connectivity index (χ1n) is 5.23. The van der Waals surface area contributed by atoms with E-state index in [4.69, 9.17) is 0 Å². The Hall–Kier alpha value is -1.51. The smallest absolute Gasteiger partial charge is 0.322 e. The molecule has 3 nitrogen and oxygen atoms in total. The fourth-order valence-electron chi connectivity index (χ4n) is 2.28. The Kier molecular flexibility index (Phi) is 2.39. The number of benzene rings is 1. The Balaban J connectivity index is 2.47. The van der Waals surface area contributed by atoms with Crippen molar-refractivity contribution in [3.05, 3.63) is 28.8 Å². The van der Waals surface area contributed by atoms with Crippen LogP contribution in [0.25, 0.3) is 0 Å². The van der Waals surface area contributed by atoms with Gasteiger partial charge in [0.1, 0.15) is 0 Å². The van der Waals surface area contributed by atoms with Crippen LogP contribution in [-0.2, 0) is 0 Å². The third kappa shape index (κ3) is 1.69. The Morgan fingerprint density at radius 2 is 1.80 bits per heavy atom. The van der Waals surface area contributed by atoms with Gasteiger partial charge in [0.2, 0.25) is 0 Å². The lowest BCUT2D eigenvalue weighted by atomic mass is 10.0. The van der Waals surface area contributed by atoms with Crippen LogP contribution in [0.15, 0.2) is 12.1 Å². The second-order valence-electron chi connectivity index (χ2n) is 4.13. The zero-order valence-corrected chi connectivity index (χ0v) is 9.42. The van der Waals surface area contributed by atoms with Crippen molar-refractivity contribution in [3.8, 4) is 0 Å². The van der Waals surface area contributed by atoms with Crippen LogP contribution >= 0.6 is 0 Å². The van der Waals surface area contributed by atoms with Gasteiger partial charge in [-0.1, -0.05) is 17.7 Å². The van der Waals surface area contributed by atoms with Crippen LogP contribution in [0.2, 0.25) is 0 Å². The number of anilines is 1. The van der Waals surface area contributed by atoms with Gasteiger partial charge in [-0.15, -0.1) is 0 Å². The molecule has 0 aliphatic carbocycles. The number of carbonyl (C=O) groups is 1. The second-order valence-corrected chi connectivity index (χ2v) is 4.13. The first kappa shape index (κ1) is 10.0. The highest BCUT2D eigenvalue weighted by molar-refractivity contribution is 5.95. The Morgan fingerprint density at radius 1 is 1.20 bits per heavy atom. The van der Waals surface area contributed by atoms with Crippen LogP contribution < -0.4 is 10.2 Å². The first-order chi connectivity index (χ1) is 7.09. The summed E-state index contributed by atoms with van der Waals surface area (Å²) < 4.78 is 0. The molecule has 1 heterocycles. The fraction of sp³-hybridized carbons (Fsp3) is 0.417. The third-order valence-electron chi connectivity index (χ3n) is 2.76. The molecule has 1 aliphatic heterocycles. The van der Waals surface area contributed by atoms with Crippen molar-refractivity contribution >= 4 is 11.7 Å². The maximum atomic E-state index is 11.6.